The predicted molar refractivity (Wildman–Crippen MR) is 62.7 cm³/mol. The molecule has 1 atom stereocenters. The number of nitrogens with two attached hydrogens (primary N) is 1. The fourth-order valence-corrected chi connectivity index (χ4v) is 1.23. The average molecular weight is 206 g/mol. The first-order valence-electron chi connectivity index (χ1n) is 5.05. The molecule has 3 heteroatoms. The summed E-state index contributed by atoms with van der Waals surface area (Å²) in [7, 11) is 1.64. The molecule has 3 nitrogen and oxygen atoms in total. The Hall–Kier alpha value is -1.35. The van der Waals surface area contributed by atoms with Crippen LogP contribution in [0.5, 0.6) is 5.75 Å². The maximum absolute atomic E-state index is 5.69. The largest absolute Gasteiger partial charge is 0.495 e. The molecule has 0 aliphatic rings. The Balaban J connectivity index is 2.81. The second kappa shape index (κ2) is 5.51. The van der Waals surface area contributed by atoms with Crippen molar-refractivity contribution in [2.75, 3.05) is 7.11 Å². The molecule has 0 spiro atoms. The van der Waals surface area contributed by atoms with Gasteiger partial charge < -0.3 is 10.5 Å². The Labute approximate surface area is 91.0 Å². The van der Waals surface area contributed by atoms with Crippen molar-refractivity contribution in [2.45, 2.75) is 26.3 Å². The summed E-state index contributed by atoms with van der Waals surface area (Å²) in [5.41, 5.74) is 7.95. The highest BCUT2D eigenvalue weighted by atomic mass is 16.5. The van der Waals surface area contributed by atoms with Crippen LogP contribution in [0.2, 0.25) is 0 Å². The maximum Gasteiger partial charge on any atom is 0.137 e. The summed E-state index contributed by atoms with van der Waals surface area (Å²) in [5, 5.41) is 0. The van der Waals surface area contributed by atoms with Crippen molar-refractivity contribution in [1.29, 1.82) is 0 Å². The van der Waals surface area contributed by atoms with Crippen LogP contribution in [-0.4, -0.2) is 18.1 Å². The highest BCUT2D eigenvalue weighted by molar-refractivity contribution is 5.63. The molecule has 0 saturated heterocycles. The van der Waals surface area contributed by atoms with E-state index in [1.54, 1.807) is 13.3 Å². The van der Waals surface area contributed by atoms with Gasteiger partial charge in [0.2, 0.25) is 0 Å². The van der Waals surface area contributed by atoms with Gasteiger partial charge in [-0.3, -0.25) is 4.98 Å². The monoisotopic (exact) mass is 206 g/mol. The van der Waals surface area contributed by atoms with Gasteiger partial charge >= 0.3 is 0 Å². The quantitative estimate of drug-likeness (QED) is 0.821. The molecule has 1 unspecified atom stereocenters. The molecule has 1 aromatic heterocycles. The molecule has 2 N–H and O–H groups in total. The zero-order valence-corrected chi connectivity index (χ0v) is 9.53. The summed E-state index contributed by atoms with van der Waals surface area (Å²) in [4.78, 5) is 4.11. The van der Waals surface area contributed by atoms with Gasteiger partial charge in [0.25, 0.3) is 0 Å². The van der Waals surface area contributed by atoms with Crippen molar-refractivity contribution in [3.05, 3.63) is 30.1 Å². The second-order valence-electron chi connectivity index (χ2n) is 3.71. The summed E-state index contributed by atoms with van der Waals surface area (Å²) in [6.07, 6.45) is 6.53. The van der Waals surface area contributed by atoms with E-state index in [-0.39, 0.29) is 6.04 Å². The number of nitrogens with zero attached hydrogens (tertiary/aromatic N) is 1. The molecule has 15 heavy (non-hydrogen) atoms. The Morgan fingerprint density at radius 3 is 2.93 bits per heavy atom. The van der Waals surface area contributed by atoms with E-state index in [1.807, 2.05) is 19.2 Å². The van der Waals surface area contributed by atoms with Crippen molar-refractivity contribution in [2.24, 2.45) is 5.73 Å². The lowest BCUT2D eigenvalue weighted by Gasteiger charge is -2.05. The molecule has 0 aliphatic heterocycles. The minimum atomic E-state index is 0.193. The van der Waals surface area contributed by atoms with Gasteiger partial charge in [-0.15, -0.1) is 0 Å². The van der Waals surface area contributed by atoms with Gasteiger partial charge in [-0.1, -0.05) is 6.08 Å². The molecule has 1 aromatic rings. The van der Waals surface area contributed by atoms with Gasteiger partial charge in [0.1, 0.15) is 5.75 Å². The summed E-state index contributed by atoms with van der Waals surface area (Å²) in [6.45, 7) is 4.05. The van der Waals surface area contributed by atoms with E-state index in [0.29, 0.717) is 0 Å². The first-order valence-corrected chi connectivity index (χ1v) is 5.05. The lowest BCUT2D eigenvalue weighted by molar-refractivity contribution is 0.412. The SMILES string of the molecule is COc1cncc(C(C)=CCC(C)N)c1. The normalized spacial score (nSPS) is 13.7. The van der Waals surface area contributed by atoms with Gasteiger partial charge in [-0.05, 0) is 37.5 Å². The molecule has 0 bridgehead atoms. The predicted octanol–water partition coefficient (Wildman–Crippen LogP) is 2.23. The number of ether oxygens (including phenoxy) is 1. The zero-order chi connectivity index (χ0) is 11.3. The minimum Gasteiger partial charge on any atom is -0.495 e. The molecule has 0 amide bonds. The van der Waals surface area contributed by atoms with Gasteiger partial charge in [0.15, 0.2) is 0 Å². The lowest BCUT2D eigenvalue weighted by atomic mass is 10.1. The fraction of sp³-hybridized carbons (Fsp3) is 0.417. The second-order valence-corrected chi connectivity index (χ2v) is 3.71. The zero-order valence-electron chi connectivity index (χ0n) is 9.53. The number of aromatic nitrogens is 1. The van der Waals surface area contributed by atoms with Crippen LogP contribution < -0.4 is 10.5 Å². The third-order valence-corrected chi connectivity index (χ3v) is 2.20. The van der Waals surface area contributed by atoms with Crippen molar-refractivity contribution in [1.82, 2.24) is 4.98 Å². The average Bonchev–Trinajstić information content (AvgIpc) is 2.26. The molecular weight excluding hydrogens is 188 g/mol. The van der Waals surface area contributed by atoms with Crippen molar-refractivity contribution >= 4 is 5.57 Å². The number of allylic oxidation sites excluding steroid dienone is 1. The topological polar surface area (TPSA) is 48.1 Å². The van der Waals surface area contributed by atoms with Crippen molar-refractivity contribution in [3.63, 3.8) is 0 Å². The van der Waals surface area contributed by atoms with Gasteiger partial charge in [-0.25, -0.2) is 0 Å². The minimum absolute atomic E-state index is 0.193. The van der Waals surface area contributed by atoms with E-state index in [9.17, 15) is 0 Å². The van der Waals surface area contributed by atoms with Gasteiger partial charge in [0.05, 0.1) is 13.3 Å². The van der Waals surface area contributed by atoms with Gasteiger partial charge in [-0.2, -0.15) is 0 Å². The van der Waals surface area contributed by atoms with E-state index in [4.69, 9.17) is 10.5 Å². The Morgan fingerprint density at radius 1 is 1.60 bits per heavy atom. The molecule has 0 radical (unpaired) electrons. The highest BCUT2D eigenvalue weighted by Gasteiger charge is 1.99. The molecule has 1 heterocycles. The lowest BCUT2D eigenvalue weighted by Crippen LogP contribution is -2.12. The standard InChI is InChI=1S/C12H18N2O/c1-9(4-5-10(2)13)11-6-12(15-3)8-14-7-11/h4,6-8,10H,5,13H2,1-3H3. The van der Waals surface area contributed by atoms with E-state index >= 15 is 0 Å². The van der Waals surface area contributed by atoms with Crippen LogP contribution >= 0.6 is 0 Å². The van der Waals surface area contributed by atoms with Crippen LogP contribution in [-0.2, 0) is 0 Å². The van der Waals surface area contributed by atoms with Crippen LogP contribution in [0.25, 0.3) is 5.57 Å². The Morgan fingerprint density at radius 2 is 2.33 bits per heavy atom. The number of methoxy groups -OCH3 is 1. The first-order chi connectivity index (χ1) is 7.13. The number of pyridine rings is 1. The van der Waals surface area contributed by atoms with E-state index in [1.165, 1.54) is 5.57 Å². The van der Waals surface area contributed by atoms with E-state index < -0.39 is 0 Å². The van der Waals surface area contributed by atoms with Crippen molar-refractivity contribution in [3.8, 4) is 5.75 Å². The molecule has 0 fully saturated rings. The van der Waals surface area contributed by atoms with Crippen LogP contribution in [0.1, 0.15) is 25.8 Å². The third-order valence-electron chi connectivity index (χ3n) is 2.20. The van der Waals surface area contributed by atoms with E-state index in [0.717, 1.165) is 17.7 Å². The van der Waals surface area contributed by atoms with Crippen LogP contribution in [0, 0.1) is 0 Å². The molecule has 0 aromatic carbocycles. The van der Waals surface area contributed by atoms with Gasteiger partial charge in [0, 0.05) is 12.2 Å². The summed E-state index contributed by atoms with van der Waals surface area (Å²) < 4.78 is 5.12. The summed E-state index contributed by atoms with van der Waals surface area (Å²) in [5.74, 6) is 0.779. The molecule has 0 saturated carbocycles. The Kier molecular flexibility index (Phi) is 4.31. The summed E-state index contributed by atoms with van der Waals surface area (Å²) in [6, 6.07) is 2.17. The number of rotatable bonds is 4. The maximum atomic E-state index is 5.69. The molecule has 1 rings (SSSR count). The summed E-state index contributed by atoms with van der Waals surface area (Å²) >= 11 is 0. The number of hydrogen-bond acceptors (Lipinski definition) is 3. The van der Waals surface area contributed by atoms with Crippen LogP contribution in [0.4, 0.5) is 0 Å². The van der Waals surface area contributed by atoms with Crippen LogP contribution in [0.3, 0.4) is 0 Å². The third kappa shape index (κ3) is 3.72. The van der Waals surface area contributed by atoms with Crippen LogP contribution in [0.15, 0.2) is 24.5 Å². The number of hydrogen-bond donors (Lipinski definition) is 1. The van der Waals surface area contributed by atoms with Crippen molar-refractivity contribution < 1.29 is 4.74 Å². The smallest absolute Gasteiger partial charge is 0.137 e. The fourth-order valence-electron chi connectivity index (χ4n) is 1.23. The highest BCUT2D eigenvalue weighted by Crippen LogP contribution is 2.18. The molecular formula is C12H18N2O. The first kappa shape index (κ1) is 11.7. The Bertz CT molecular complexity index is 345. The van der Waals surface area contributed by atoms with E-state index in [2.05, 4.69) is 18.0 Å². The molecule has 0 aliphatic carbocycles. The molecule has 82 valence electrons.